The number of hydrogen-bond donors (Lipinski definition) is 1. The van der Waals surface area contributed by atoms with Crippen LogP contribution in [0.3, 0.4) is 0 Å². The van der Waals surface area contributed by atoms with Gasteiger partial charge in [0.2, 0.25) is 5.91 Å². The number of amides is 2. The summed E-state index contributed by atoms with van der Waals surface area (Å²) in [6, 6.07) is 17.4. The van der Waals surface area contributed by atoms with Crippen LogP contribution in [0.25, 0.3) is 0 Å². The lowest BCUT2D eigenvalue weighted by atomic mass is 9.96. The molecule has 7 heteroatoms. The molecule has 1 saturated heterocycles. The van der Waals surface area contributed by atoms with E-state index in [0.717, 1.165) is 16.8 Å². The lowest BCUT2D eigenvalue weighted by molar-refractivity contribution is -0.134. The van der Waals surface area contributed by atoms with E-state index in [4.69, 9.17) is 22.4 Å². The van der Waals surface area contributed by atoms with Crippen LogP contribution in [0.4, 0.5) is 0 Å². The molecule has 2 aromatic rings. The molecule has 6 nitrogen and oxygen atoms in total. The number of piperidine rings is 1. The van der Waals surface area contributed by atoms with Gasteiger partial charge in [-0.25, -0.2) is 5.01 Å². The van der Waals surface area contributed by atoms with Gasteiger partial charge in [-0.15, -0.1) is 0 Å². The third-order valence-corrected chi connectivity index (χ3v) is 6.21. The Kier molecular flexibility index (Phi) is 6.16. The van der Waals surface area contributed by atoms with E-state index < -0.39 is 0 Å². The van der Waals surface area contributed by atoms with Crippen molar-refractivity contribution in [3.05, 3.63) is 70.7 Å². The van der Waals surface area contributed by atoms with Gasteiger partial charge in [0, 0.05) is 22.9 Å². The Hall–Kier alpha value is -2.70. The quantitative estimate of drug-likeness (QED) is 0.800. The van der Waals surface area contributed by atoms with Crippen LogP contribution in [0.1, 0.15) is 36.4 Å². The van der Waals surface area contributed by atoms with Gasteiger partial charge in [0.25, 0.3) is 5.91 Å². The predicted molar refractivity (Wildman–Crippen MR) is 117 cm³/mol. The zero-order chi connectivity index (χ0) is 21.1. The Bertz CT molecular complexity index is 955. The fourth-order valence-corrected chi connectivity index (χ4v) is 4.42. The standard InChI is InChI=1S/C23H25ClN4O2/c24-19-9-5-4-8-18(19)20-14-21(16-6-2-1-3-7-16)28(26-20)22(29)15-27-12-10-17(11-13-27)23(25)30/h1-9,17,21H,10-15H2,(H2,25,30)/t21-/m1/s1. The maximum absolute atomic E-state index is 13.2. The molecule has 0 radical (unpaired) electrons. The number of likely N-dealkylation sites (tertiary alicyclic amines) is 1. The molecule has 2 N–H and O–H groups in total. The topological polar surface area (TPSA) is 79.0 Å². The minimum atomic E-state index is -0.251. The third-order valence-electron chi connectivity index (χ3n) is 5.88. The van der Waals surface area contributed by atoms with Gasteiger partial charge >= 0.3 is 0 Å². The number of primary amides is 1. The van der Waals surface area contributed by atoms with Gasteiger partial charge in [0.05, 0.1) is 18.3 Å². The number of nitrogens with two attached hydrogens (primary N) is 1. The molecule has 2 aliphatic rings. The summed E-state index contributed by atoms with van der Waals surface area (Å²) in [6.45, 7) is 1.64. The largest absolute Gasteiger partial charge is 0.369 e. The van der Waals surface area contributed by atoms with Gasteiger partial charge in [0.15, 0.2) is 0 Å². The van der Waals surface area contributed by atoms with E-state index in [-0.39, 0.29) is 30.3 Å². The highest BCUT2D eigenvalue weighted by Gasteiger charge is 2.35. The molecule has 2 aliphatic heterocycles. The monoisotopic (exact) mass is 424 g/mol. The summed E-state index contributed by atoms with van der Waals surface area (Å²) in [7, 11) is 0. The minimum absolute atomic E-state index is 0.0524. The maximum Gasteiger partial charge on any atom is 0.257 e. The first kappa shape index (κ1) is 20.6. The number of halogens is 1. The summed E-state index contributed by atoms with van der Waals surface area (Å²) in [6.07, 6.45) is 2.00. The molecule has 2 aromatic carbocycles. The molecule has 0 aromatic heterocycles. The second-order valence-corrected chi connectivity index (χ2v) is 8.26. The summed E-state index contributed by atoms with van der Waals surface area (Å²) in [4.78, 5) is 26.7. The fourth-order valence-electron chi connectivity index (χ4n) is 4.17. The number of hydrazone groups is 1. The second-order valence-electron chi connectivity index (χ2n) is 7.85. The summed E-state index contributed by atoms with van der Waals surface area (Å²) in [5, 5.41) is 6.94. The maximum atomic E-state index is 13.2. The molecule has 30 heavy (non-hydrogen) atoms. The van der Waals surface area contributed by atoms with Crippen molar-refractivity contribution in [2.45, 2.75) is 25.3 Å². The Morgan fingerprint density at radius 2 is 1.70 bits per heavy atom. The van der Waals surface area contributed by atoms with Crippen LogP contribution in [0.15, 0.2) is 59.7 Å². The first-order valence-electron chi connectivity index (χ1n) is 10.2. The van der Waals surface area contributed by atoms with E-state index in [1.165, 1.54) is 0 Å². The van der Waals surface area contributed by atoms with E-state index in [0.29, 0.717) is 37.4 Å². The van der Waals surface area contributed by atoms with E-state index in [1.807, 2.05) is 54.6 Å². The number of benzene rings is 2. The smallest absolute Gasteiger partial charge is 0.257 e. The predicted octanol–water partition coefficient (Wildman–Crippen LogP) is 3.22. The van der Waals surface area contributed by atoms with Gasteiger partial charge in [-0.2, -0.15) is 5.10 Å². The summed E-state index contributed by atoms with van der Waals surface area (Å²) >= 11 is 6.39. The molecule has 0 spiro atoms. The Balaban J connectivity index is 1.54. The fraction of sp³-hybridized carbons (Fsp3) is 0.348. The highest BCUT2D eigenvalue weighted by Crippen LogP contribution is 2.34. The normalized spacial score (nSPS) is 20.2. The number of carbonyl (C=O) groups excluding carboxylic acids is 2. The zero-order valence-electron chi connectivity index (χ0n) is 16.7. The van der Waals surface area contributed by atoms with Crippen molar-refractivity contribution in [3.8, 4) is 0 Å². The van der Waals surface area contributed by atoms with Gasteiger partial charge in [0.1, 0.15) is 0 Å². The van der Waals surface area contributed by atoms with Crippen molar-refractivity contribution in [1.29, 1.82) is 0 Å². The van der Waals surface area contributed by atoms with Gasteiger partial charge in [-0.1, -0.05) is 60.1 Å². The molecule has 0 saturated carbocycles. The molecule has 0 aliphatic carbocycles. The summed E-state index contributed by atoms with van der Waals surface area (Å²) < 4.78 is 0. The van der Waals surface area contributed by atoms with Crippen molar-refractivity contribution in [2.75, 3.05) is 19.6 Å². The summed E-state index contributed by atoms with van der Waals surface area (Å²) in [5.74, 6) is -0.396. The van der Waals surface area contributed by atoms with Crippen LogP contribution < -0.4 is 5.73 Å². The lowest BCUT2D eigenvalue weighted by Gasteiger charge is -2.31. The molecule has 0 bridgehead atoms. The number of hydrogen-bond acceptors (Lipinski definition) is 4. The molecule has 4 rings (SSSR count). The molecule has 2 heterocycles. The van der Waals surface area contributed by atoms with Crippen LogP contribution in [0.2, 0.25) is 5.02 Å². The number of carbonyl (C=O) groups is 2. The van der Waals surface area contributed by atoms with Crippen LogP contribution in [-0.4, -0.2) is 47.1 Å². The van der Waals surface area contributed by atoms with Gasteiger partial charge < -0.3 is 5.73 Å². The van der Waals surface area contributed by atoms with Crippen molar-refractivity contribution >= 4 is 29.1 Å². The molecule has 156 valence electrons. The van der Waals surface area contributed by atoms with Crippen molar-refractivity contribution in [3.63, 3.8) is 0 Å². The molecule has 2 amide bonds. The average molecular weight is 425 g/mol. The van der Waals surface area contributed by atoms with Crippen LogP contribution in [0, 0.1) is 5.92 Å². The molecule has 1 fully saturated rings. The van der Waals surface area contributed by atoms with Crippen molar-refractivity contribution in [2.24, 2.45) is 16.8 Å². The van der Waals surface area contributed by atoms with Gasteiger partial charge in [-0.3, -0.25) is 14.5 Å². The van der Waals surface area contributed by atoms with Crippen LogP contribution >= 0.6 is 11.6 Å². The van der Waals surface area contributed by atoms with Crippen molar-refractivity contribution < 1.29 is 9.59 Å². The first-order valence-corrected chi connectivity index (χ1v) is 10.6. The zero-order valence-corrected chi connectivity index (χ0v) is 17.5. The molecular formula is C23H25ClN4O2. The van der Waals surface area contributed by atoms with Crippen LogP contribution in [0.5, 0.6) is 0 Å². The lowest BCUT2D eigenvalue weighted by Crippen LogP contribution is -2.43. The minimum Gasteiger partial charge on any atom is -0.369 e. The Morgan fingerprint density at radius 1 is 1.03 bits per heavy atom. The number of rotatable bonds is 5. The molecular weight excluding hydrogens is 400 g/mol. The highest BCUT2D eigenvalue weighted by atomic mass is 35.5. The van der Waals surface area contributed by atoms with E-state index in [1.54, 1.807) is 5.01 Å². The van der Waals surface area contributed by atoms with Crippen LogP contribution in [-0.2, 0) is 9.59 Å². The van der Waals surface area contributed by atoms with Crippen molar-refractivity contribution in [1.82, 2.24) is 9.91 Å². The van der Waals surface area contributed by atoms with Gasteiger partial charge in [-0.05, 0) is 37.6 Å². The molecule has 0 unspecified atom stereocenters. The van der Waals surface area contributed by atoms with E-state index in [9.17, 15) is 9.59 Å². The molecule has 1 atom stereocenters. The third kappa shape index (κ3) is 4.40. The first-order chi connectivity index (χ1) is 14.5. The highest BCUT2D eigenvalue weighted by molar-refractivity contribution is 6.34. The van der Waals surface area contributed by atoms with E-state index >= 15 is 0 Å². The Labute approximate surface area is 181 Å². The second kappa shape index (κ2) is 8.98. The van der Waals surface area contributed by atoms with E-state index in [2.05, 4.69) is 4.90 Å². The average Bonchev–Trinajstić information content (AvgIpc) is 3.20. The summed E-state index contributed by atoms with van der Waals surface area (Å²) in [5.41, 5.74) is 8.14. The Morgan fingerprint density at radius 3 is 2.37 bits per heavy atom. The number of nitrogens with zero attached hydrogens (tertiary/aromatic N) is 3. The SMILES string of the molecule is NC(=O)C1CCN(CC(=O)N2N=C(c3ccccc3Cl)C[C@@H]2c2ccccc2)CC1.